The van der Waals surface area contributed by atoms with Crippen molar-refractivity contribution < 1.29 is 18.1 Å². The zero-order chi connectivity index (χ0) is 21.9. The van der Waals surface area contributed by atoms with Crippen molar-refractivity contribution in [2.45, 2.75) is 11.8 Å². The van der Waals surface area contributed by atoms with Crippen LogP contribution in [-0.2, 0) is 10.0 Å². The smallest absolute Gasteiger partial charge is 0.292 e. The molecule has 2 N–H and O–H groups in total. The van der Waals surface area contributed by atoms with Crippen molar-refractivity contribution in [3.63, 3.8) is 0 Å². The highest BCUT2D eigenvalue weighted by atomic mass is 35.5. The van der Waals surface area contributed by atoms with E-state index in [4.69, 9.17) is 11.6 Å². The van der Waals surface area contributed by atoms with Crippen LogP contribution in [0.4, 0.5) is 17.1 Å². The molecular formula is C20H16ClN3O5S. The summed E-state index contributed by atoms with van der Waals surface area (Å²) in [6, 6.07) is 16.1. The maximum Gasteiger partial charge on any atom is 0.292 e. The molecule has 1 amide bonds. The first-order valence-electron chi connectivity index (χ1n) is 8.62. The summed E-state index contributed by atoms with van der Waals surface area (Å²) in [6.45, 7) is 1.76. The molecule has 0 aliphatic carbocycles. The molecule has 3 aromatic rings. The molecule has 0 spiro atoms. The van der Waals surface area contributed by atoms with Gasteiger partial charge in [-0.2, -0.15) is 0 Å². The minimum Gasteiger partial charge on any atom is -0.316 e. The summed E-state index contributed by atoms with van der Waals surface area (Å²) >= 11 is 6.09. The van der Waals surface area contributed by atoms with E-state index in [1.165, 1.54) is 36.4 Å². The number of para-hydroxylation sites is 3. The second-order valence-corrected chi connectivity index (χ2v) is 8.38. The van der Waals surface area contributed by atoms with E-state index in [1.54, 1.807) is 31.2 Å². The van der Waals surface area contributed by atoms with Crippen LogP contribution in [0.15, 0.2) is 71.6 Å². The number of hydrogen-bond acceptors (Lipinski definition) is 5. The normalized spacial score (nSPS) is 11.0. The molecule has 0 unspecified atom stereocenters. The van der Waals surface area contributed by atoms with Gasteiger partial charge in [0.1, 0.15) is 5.69 Å². The first-order chi connectivity index (χ1) is 14.2. The summed E-state index contributed by atoms with van der Waals surface area (Å²) in [7, 11) is -4.00. The van der Waals surface area contributed by atoms with Crippen LogP contribution in [0, 0.1) is 17.0 Å². The third-order valence-electron chi connectivity index (χ3n) is 4.23. The van der Waals surface area contributed by atoms with Crippen LogP contribution >= 0.6 is 11.6 Å². The minimum atomic E-state index is -4.00. The maximum atomic E-state index is 12.8. The molecule has 0 bridgehead atoms. The fourth-order valence-electron chi connectivity index (χ4n) is 2.66. The van der Waals surface area contributed by atoms with Crippen LogP contribution in [0.3, 0.4) is 0 Å². The zero-order valence-corrected chi connectivity index (χ0v) is 17.2. The molecule has 154 valence electrons. The van der Waals surface area contributed by atoms with E-state index in [0.29, 0.717) is 5.69 Å². The number of nitro groups is 1. The van der Waals surface area contributed by atoms with E-state index >= 15 is 0 Å². The molecule has 3 aromatic carbocycles. The Morgan fingerprint density at radius 1 is 1.00 bits per heavy atom. The third-order valence-corrected chi connectivity index (χ3v) is 5.92. The molecule has 0 radical (unpaired) electrons. The maximum absolute atomic E-state index is 12.8. The molecule has 0 saturated carbocycles. The molecular weight excluding hydrogens is 430 g/mol. The van der Waals surface area contributed by atoms with Crippen molar-refractivity contribution in [3.8, 4) is 0 Å². The van der Waals surface area contributed by atoms with Gasteiger partial charge in [0.15, 0.2) is 0 Å². The SMILES string of the molecule is Cc1ccccc1NS(=O)(=O)c1ccc(Cl)c(C(=O)Nc2ccccc2[N+](=O)[O-])c1. The predicted octanol–water partition coefficient (Wildman–Crippen LogP) is 4.61. The van der Waals surface area contributed by atoms with Crippen LogP contribution in [0.25, 0.3) is 0 Å². The molecule has 0 aromatic heterocycles. The van der Waals surface area contributed by atoms with E-state index in [1.807, 2.05) is 0 Å². The van der Waals surface area contributed by atoms with Crippen molar-refractivity contribution in [2.75, 3.05) is 10.0 Å². The van der Waals surface area contributed by atoms with E-state index in [-0.39, 0.29) is 26.9 Å². The first kappa shape index (κ1) is 21.3. The number of rotatable bonds is 6. The highest BCUT2D eigenvalue weighted by molar-refractivity contribution is 7.92. The summed E-state index contributed by atoms with van der Waals surface area (Å²) in [5.41, 5.74) is 0.659. The molecule has 10 heteroatoms. The van der Waals surface area contributed by atoms with Crippen LogP contribution in [0.2, 0.25) is 5.02 Å². The fourth-order valence-corrected chi connectivity index (χ4v) is 4.02. The van der Waals surface area contributed by atoms with E-state index in [2.05, 4.69) is 10.0 Å². The number of hydrogen-bond donors (Lipinski definition) is 2. The Hall–Kier alpha value is -3.43. The van der Waals surface area contributed by atoms with Crippen molar-refractivity contribution in [3.05, 3.63) is 93.0 Å². The lowest BCUT2D eigenvalue weighted by atomic mass is 10.2. The van der Waals surface area contributed by atoms with Crippen molar-refractivity contribution in [2.24, 2.45) is 0 Å². The van der Waals surface area contributed by atoms with Gasteiger partial charge in [-0.15, -0.1) is 0 Å². The molecule has 30 heavy (non-hydrogen) atoms. The second kappa shape index (κ2) is 8.52. The molecule has 0 fully saturated rings. The van der Waals surface area contributed by atoms with Gasteiger partial charge in [-0.25, -0.2) is 8.42 Å². The predicted molar refractivity (Wildman–Crippen MR) is 114 cm³/mol. The van der Waals surface area contributed by atoms with Gasteiger partial charge in [0.05, 0.1) is 26.1 Å². The summed E-state index contributed by atoms with van der Waals surface area (Å²) in [5, 5.41) is 13.5. The number of amides is 1. The van der Waals surface area contributed by atoms with Gasteiger partial charge in [-0.1, -0.05) is 41.9 Å². The number of nitrogens with zero attached hydrogens (tertiary/aromatic N) is 1. The Labute approximate surface area is 177 Å². The van der Waals surface area contributed by atoms with Gasteiger partial charge in [0, 0.05) is 6.07 Å². The fraction of sp³-hybridized carbons (Fsp3) is 0.0500. The summed E-state index contributed by atoms with van der Waals surface area (Å²) in [4.78, 5) is 23.0. The van der Waals surface area contributed by atoms with Crippen molar-refractivity contribution in [1.29, 1.82) is 0 Å². The number of sulfonamides is 1. The lowest BCUT2D eigenvalue weighted by Crippen LogP contribution is -2.17. The number of carbonyl (C=O) groups excluding carboxylic acids is 1. The average Bonchev–Trinajstić information content (AvgIpc) is 2.70. The molecule has 0 aliphatic heterocycles. The number of carbonyl (C=O) groups is 1. The van der Waals surface area contributed by atoms with E-state index in [0.717, 1.165) is 11.6 Å². The van der Waals surface area contributed by atoms with Crippen LogP contribution in [-0.4, -0.2) is 19.2 Å². The Kier molecular flexibility index (Phi) is 6.04. The van der Waals surface area contributed by atoms with Crippen LogP contribution < -0.4 is 10.0 Å². The number of aryl methyl sites for hydroxylation is 1. The number of halogens is 1. The molecule has 3 rings (SSSR count). The minimum absolute atomic E-state index is 0.000857. The largest absolute Gasteiger partial charge is 0.316 e. The summed E-state index contributed by atoms with van der Waals surface area (Å²) < 4.78 is 28.0. The van der Waals surface area contributed by atoms with Crippen LogP contribution in [0.5, 0.6) is 0 Å². The molecule has 0 heterocycles. The van der Waals surface area contributed by atoms with Crippen LogP contribution in [0.1, 0.15) is 15.9 Å². The van der Waals surface area contributed by atoms with Gasteiger partial charge >= 0.3 is 0 Å². The summed E-state index contributed by atoms with van der Waals surface area (Å²) in [6.07, 6.45) is 0. The quantitative estimate of drug-likeness (QED) is 0.424. The van der Waals surface area contributed by atoms with Gasteiger partial charge in [-0.05, 0) is 42.8 Å². The topological polar surface area (TPSA) is 118 Å². The van der Waals surface area contributed by atoms with Crippen molar-refractivity contribution >= 4 is 44.6 Å². The monoisotopic (exact) mass is 445 g/mol. The summed E-state index contributed by atoms with van der Waals surface area (Å²) in [5.74, 6) is -0.776. The lowest BCUT2D eigenvalue weighted by molar-refractivity contribution is -0.383. The van der Waals surface area contributed by atoms with Gasteiger partial charge in [-0.3, -0.25) is 19.6 Å². The van der Waals surface area contributed by atoms with Gasteiger partial charge in [0.25, 0.3) is 21.6 Å². The second-order valence-electron chi connectivity index (χ2n) is 6.29. The zero-order valence-electron chi connectivity index (χ0n) is 15.6. The van der Waals surface area contributed by atoms with Crippen molar-refractivity contribution in [1.82, 2.24) is 0 Å². The molecule has 0 aliphatic rings. The molecule has 0 atom stereocenters. The van der Waals surface area contributed by atoms with Gasteiger partial charge in [0.2, 0.25) is 0 Å². The first-order valence-corrected chi connectivity index (χ1v) is 10.5. The Balaban J connectivity index is 1.93. The number of benzene rings is 3. The lowest BCUT2D eigenvalue weighted by Gasteiger charge is -2.12. The Bertz CT molecular complexity index is 1240. The highest BCUT2D eigenvalue weighted by Crippen LogP contribution is 2.27. The Morgan fingerprint density at radius 2 is 1.63 bits per heavy atom. The van der Waals surface area contributed by atoms with E-state index in [9.17, 15) is 23.3 Å². The van der Waals surface area contributed by atoms with E-state index < -0.39 is 20.9 Å². The van der Waals surface area contributed by atoms with Gasteiger partial charge < -0.3 is 5.32 Å². The number of nitro benzene ring substituents is 1. The third kappa shape index (κ3) is 4.58. The highest BCUT2D eigenvalue weighted by Gasteiger charge is 2.21. The molecule has 0 saturated heterocycles. The standard InChI is InChI=1S/C20H16ClN3O5S/c1-13-6-2-3-7-17(13)23-30(28,29)14-10-11-16(21)15(12-14)20(25)22-18-8-4-5-9-19(18)24(26)27/h2-12,23H,1H3,(H,22,25). The molecule has 8 nitrogen and oxygen atoms in total. The average molecular weight is 446 g/mol. The Morgan fingerprint density at radius 3 is 2.30 bits per heavy atom. The number of nitrogens with one attached hydrogen (secondary N) is 2. The number of anilines is 2.